The largest absolute Gasteiger partial charge is 0.325 e. The molecule has 0 aliphatic carbocycles. The minimum absolute atomic E-state index is 0.132. The van der Waals surface area contributed by atoms with E-state index >= 15 is 0 Å². The highest BCUT2D eigenvalue weighted by Gasteiger charge is 2.24. The lowest BCUT2D eigenvalue weighted by Crippen LogP contribution is -2.37. The maximum atomic E-state index is 13.4. The number of non-ortho nitro benzene ring substituents is 1. The standard InChI is InChI=1S/C29H29N5O4/c1-29(2,3)25-18-26(33(31-25)23-14-8-5-9-15-23)30-27(35)20-32(19-21-11-6-4-7-12-21)28(36)22-13-10-16-24(17-22)34(37)38/h4-18H,19-20H2,1-3H3,(H,30,35). The van der Waals surface area contributed by atoms with E-state index < -0.39 is 16.7 Å². The Labute approximate surface area is 220 Å². The number of amides is 2. The van der Waals surface area contributed by atoms with Gasteiger partial charge in [-0.15, -0.1) is 0 Å². The average molecular weight is 512 g/mol. The molecule has 9 nitrogen and oxygen atoms in total. The van der Waals surface area contributed by atoms with E-state index in [0.29, 0.717) is 5.82 Å². The molecule has 0 spiro atoms. The number of aromatic nitrogens is 2. The van der Waals surface area contributed by atoms with Gasteiger partial charge in [0, 0.05) is 35.7 Å². The minimum atomic E-state index is -0.553. The first-order valence-electron chi connectivity index (χ1n) is 12.2. The van der Waals surface area contributed by atoms with Crippen LogP contribution in [0.15, 0.2) is 91.0 Å². The Morgan fingerprint density at radius 2 is 1.61 bits per heavy atom. The van der Waals surface area contributed by atoms with Crippen LogP contribution in [0.25, 0.3) is 5.69 Å². The van der Waals surface area contributed by atoms with E-state index in [9.17, 15) is 19.7 Å². The van der Waals surface area contributed by atoms with Crippen molar-refractivity contribution in [2.75, 3.05) is 11.9 Å². The van der Waals surface area contributed by atoms with Crippen LogP contribution in [0, 0.1) is 10.1 Å². The number of benzene rings is 3. The first-order chi connectivity index (χ1) is 18.1. The molecule has 0 saturated carbocycles. The second-order valence-corrected chi connectivity index (χ2v) is 9.91. The average Bonchev–Trinajstić information content (AvgIpc) is 3.33. The van der Waals surface area contributed by atoms with Gasteiger partial charge in [0.15, 0.2) is 0 Å². The van der Waals surface area contributed by atoms with Gasteiger partial charge in [0.25, 0.3) is 11.6 Å². The summed E-state index contributed by atoms with van der Waals surface area (Å²) < 4.78 is 1.67. The number of rotatable bonds is 8. The van der Waals surface area contributed by atoms with Gasteiger partial charge in [-0.2, -0.15) is 5.10 Å². The summed E-state index contributed by atoms with van der Waals surface area (Å²) in [6, 6.07) is 26.0. The number of nitro benzene ring substituents is 1. The van der Waals surface area contributed by atoms with Crippen LogP contribution in [-0.2, 0) is 16.8 Å². The number of para-hydroxylation sites is 1. The molecule has 4 rings (SSSR count). The molecule has 1 N–H and O–H groups in total. The maximum absolute atomic E-state index is 13.4. The fourth-order valence-corrected chi connectivity index (χ4v) is 3.90. The summed E-state index contributed by atoms with van der Waals surface area (Å²) >= 11 is 0. The number of nitro groups is 1. The number of nitrogens with one attached hydrogen (secondary N) is 1. The van der Waals surface area contributed by atoms with Gasteiger partial charge in [0.05, 0.1) is 16.3 Å². The molecule has 0 atom stereocenters. The Balaban J connectivity index is 1.62. The summed E-state index contributed by atoms with van der Waals surface area (Å²) in [6.07, 6.45) is 0. The number of hydrogen-bond donors (Lipinski definition) is 1. The molecular formula is C29H29N5O4. The van der Waals surface area contributed by atoms with Gasteiger partial charge in [-0.3, -0.25) is 19.7 Å². The second-order valence-electron chi connectivity index (χ2n) is 9.91. The van der Waals surface area contributed by atoms with Crippen LogP contribution in [0.5, 0.6) is 0 Å². The van der Waals surface area contributed by atoms with E-state index in [4.69, 9.17) is 5.10 Å². The Bertz CT molecular complexity index is 1440. The quantitative estimate of drug-likeness (QED) is 0.253. The third kappa shape index (κ3) is 6.31. The molecule has 38 heavy (non-hydrogen) atoms. The molecule has 194 valence electrons. The van der Waals surface area contributed by atoms with Crippen LogP contribution in [0.4, 0.5) is 11.5 Å². The fraction of sp³-hybridized carbons (Fsp3) is 0.207. The van der Waals surface area contributed by atoms with Gasteiger partial charge in [-0.05, 0) is 23.8 Å². The van der Waals surface area contributed by atoms with Crippen LogP contribution in [0.2, 0.25) is 0 Å². The van der Waals surface area contributed by atoms with Crippen LogP contribution in [-0.4, -0.2) is 38.0 Å². The molecule has 3 aromatic carbocycles. The van der Waals surface area contributed by atoms with Gasteiger partial charge in [-0.1, -0.05) is 75.4 Å². The zero-order chi connectivity index (χ0) is 27.3. The molecule has 0 bridgehead atoms. The lowest BCUT2D eigenvalue weighted by atomic mass is 9.92. The highest BCUT2D eigenvalue weighted by Crippen LogP contribution is 2.26. The Kier molecular flexibility index (Phi) is 7.66. The zero-order valence-corrected chi connectivity index (χ0v) is 21.5. The zero-order valence-electron chi connectivity index (χ0n) is 21.5. The van der Waals surface area contributed by atoms with E-state index in [1.807, 2.05) is 87.5 Å². The fourth-order valence-electron chi connectivity index (χ4n) is 3.90. The molecule has 0 aliphatic rings. The van der Waals surface area contributed by atoms with Gasteiger partial charge in [0.1, 0.15) is 12.4 Å². The normalized spacial score (nSPS) is 11.1. The van der Waals surface area contributed by atoms with E-state index in [0.717, 1.165) is 16.9 Å². The van der Waals surface area contributed by atoms with Crippen molar-refractivity contribution in [1.82, 2.24) is 14.7 Å². The van der Waals surface area contributed by atoms with Crippen LogP contribution < -0.4 is 5.32 Å². The second kappa shape index (κ2) is 11.1. The third-order valence-corrected chi connectivity index (χ3v) is 5.89. The number of nitrogens with zero attached hydrogens (tertiary/aromatic N) is 4. The monoisotopic (exact) mass is 511 g/mol. The molecule has 0 fully saturated rings. The first kappa shape index (κ1) is 26.3. The molecule has 0 aliphatic heterocycles. The molecule has 2 amide bonds. The smallest absolute Gasteiger partial charge is 0.270 e. The number of hydrogen-bond acceptors (Lipinski definition) is 5. The Morgan fingerprint density at radius 3 is 2.24 bits per heavy atom. The van der Waals surface area contributed by atoms with Gasteiger partial charge in [-0.25, -0.2) is 4.68 Å². The van der Waals surface area contributed by atoms with E-state index in [-0.39, 0.29) is 29.8 Å². The molecule has 0 saturated heterocycles. The SMILES string of the molecule is CC(C)(C)c1cc(NC(=O)CN(Cc2ccccc2)C(=O)c2cccc([N+](=O)[O-])c2)n(-c2ccccc2)n1. The summed E-state index contributed by atoms with van der Waals surface area (Å²) in [5.74, 6) is -0.425. The van der Waals surface area contributed by atoms with Crippen molar-refractivity contribution < 1.29 is 14.5 Å². The molecule has 0 radical (unpaired) electrons. The van der Waals surface area contributed by atoms with Crippen molar-refractivity contribution >= 4 is 23.3 Å². The number of anilines is 1. The van der Waals surface area contributed by atoms with E-state index in [1.54, 1.807) is 4.68 Å². The lowest BCUT2D eigenvalue weighted by molar-refractivity contribution is -0.384. The predicted octanol–water partition coefficient (Wildman–Crippen LogP) is 5.36. The molecule has 1 heterocycles. The van der Waals surface area contributed by atoms with Crippen molar-refractivity contribution in [3.63, 3.8) is 0 Å². The van der Waals surface area contributed by atoms with Crippen molar-refractivity contribution in [3.8, 4) is 5.69 Å². The van der Waals surface area contributed by atoms with Crippen LogP contribution >= 0.6 is 0 Å². The van der Waals surface area contributed by atoms with Gasteiger partial charge < -0.3 is 10.2 Å². The third-order valence-electron chi connectivity index (χ3n) is 5.89. The topological polar surface area (TPSA) is 110 Å². The van der Waals surface area contributed by atoms with Crippen molar-refractivity contribution in [2.24, 2.45) is 0 Å². The number of carbonyl (C=O) groups excluding carboxylic acids is 2. The van der Waals surface area contributed by atoms with E-state index in [1.165, 1.54) is 29.2 Å². The number of carbonyl (C=O) groups is 2. The first-order valence-corrected chi connectivity index (χ1v) is 12.2. The van der Waals surface area contributed by atoms with Crippen molar-refractivity contribution in [1.29, 1.82) is 0 Å². The summed E-state index contributed by atoms with van der Waals surface area (Å²) in [5.41, 5.74) is 2.09. The summed E-state index contributed by atoms with van der Waals surface area (Å²) in [6.45, 7) is 6.00. The summed E-state index contributed by atoms with van der Waals surface area (Å²) in [5, 5.41) is 18.9. The Hall–Kier alpha value is -4.79. The van der Waals surface area contributed by atoms with Crippen LogP contribution in [0.1, 0.15) is 42.4 Å². The van der Waals surface area contributed by atoms with Gasteiger partial charge >= 0.3 is 0 Å². The Morgan fingerprint density at radius 1 is 0.947 bits per heavy atom. The van der Waals surface area contributed by atoms with Crippen LogP contribution in [0.3, 0.4) is 0 Å². The lowest BCUT2D eigenvalue weighted by Gasteiger charge is -2.22. The molecule has 1 aromatic heterocycles. The summed E-state index contributed by atoms with van der Waals surface area (Å²) in [4.78, 5) is 38.8. The highest BCUT2D eigenvalue weighted by molar-refractivity contribution is 5.99. The molecule has 0 unspecified atom stereocenters. The minimum Gasteiger partial charge on any atom is -0.325 e. The van der Waals surface area contributed by atoms with Crippen molar-refractivity contribution in [2.45, 2.75) is 32.7 Å². The van der Waals surface area contributed by atoms with Crippen molar-refractivity contribution in [3.05, 3.63) is 118 Å². The summed E-state index contributed by atoms with van der Waals surface area (Å²) in [7, 11) is 0. The highest BCUT2D eigenvalue weighted by atomic mass is 16.6. The molecule has 4 aromatic rings. The van der Waals surface area contributed by atoms with E-state index in [2.05, 4.69) is 5.32 Å². The predicted molar refractivity (Wildman–Crippen MR) is 145 cm³/mol. The van der Waals surface area contributed by atoms with Gasteiger partial charge in [0.2, 0.25) is 5.91 Å². The molecular weight excluding hydrogens is 482 g/mol. The maximum Gasteiger partial charge on any atom is 0.270 e. The molecule has 9 heteroatoms.